The van der Waals surface area contributed by atoms with Crippen molar-refractivity contribution in [1.29, 1.82) is 0 Å². The van der Waals surface area contributed by atoms with Crippen LogP contribution < -0.4 is 0 Å². The molecular weight excluding hydrogens is 282 g/mol. The molecule has 1 fully saturated rings. The first-order valence-corrected chi connectivity index (χ1v) is 7.85. The summed E-state index contributed by atoms with van der Waals surface area (Å²) in [7, 11) is 1.65. The summed E-state index contributed by atoms with van der Waals surface area (Å²) in [6.07, 6.45) is 3.83. The maximum Gasteiger partial charge on any atom is 0.308 e. The molecular formula is C16H25N3O3. The average Bonchev–Trinajstić information content (AvgIpc) is 3.18. The van der Waals surface area contributed by atoms with E-state index in [1.54, 1.807) is 20.2 Å². The van der Waals surface area contributed by atoms with Gasteiger partial charge in [-0.2, -0.15) is 5.10 Å². The molecule has 0 saturated heterocycles. The van der Waals surface area contributed by atoms with Crippen LogP contribution in [-0.2, 0) is 11.3 Å². The van der Waals surface area contributed by atoms with E-state index >= 15 is 0 Å². The van der Waals surface area contributed by atoms with Gasteiger partial charge in [0.15, 0.2) is 0 Å². The van der Waals surface area contributed by atoms with Gasteiger partial charge < -0.3 is 10.0 Å². The minimum Gasteiger partial charge on any atom is -0.481 e. The molecule has 1 N–H and O–H groups in total. The summed E-state index contributed by atoms with van der Waals surface area (Å²) in [5.41, 5.74) is 1.65. The number of aromatic nitrogens is 2. The van der Waals surface area contributed by atoms with Crippen LogP contribution in [0.15, 0.2) is 6.20 Å². The van der Waals surface area contributed by atoms with Crippen LogP contribution in [0, 0.1) is 11.8 Å². The fraction of sp³-hybridized carbons (Fsp3) is 0.688. The van der Waals surface area contributed by atoms with Crippen LogP contribution in [0.4, 0.5) is 0 Å². The van der Waals surface area contributed by atoms with Gasteiger partial charge >= 0.3 is 5.97 Å². The molecule has 6 nitrogen and oxygen atoms in total. The lowest BCUT2D eigenvalue weighted by molar-refractivity contribution is -0.141. The van der Waals surface area contributed by atoms with E-state index in [1.807, 2.05) is 4.68 Å². The Morgan fingerprint density at radius 1 is 1.41 bits per heavy atom. The second-order valence-corrected chi connectivity index (χ2v) is 6.72. The number of nitrogens with zero attached hydrogens (tertiary/aromatic N) is 3. The molecule has 1 atom stereocenters. The summed E-state index contributed by atoms with van der Waals surface area (Å²) in [4.78, 5) is 25.1. The SMILES string of the molecule is CC(C)Cn1ncc(C(=O)N(C)CC(C)C(=O)O)c1C1CC1. The molecule has 1 amide bonds. The third-order valence-electron chi connectivity index (χ3n) is 3.93. The standard InChI is InChI=1S/C16H25N3O3/c1-10(2)8-19-14(12-5-6-12)13(7-17-19)15(20)18(4)9-11(3)16(21)22/h7,10-12H,5-6,8-9H2,1-4H3,(H,21,22). The lowest BCUT2D eigenvalue weighted by Crippen LogP contribution is -2.34. The maximum atomic E-state index is 12.6. The lowest BCUT2D eigenvalue weighted by Gasteiger charge is -2.20. The summed E-state index contributed by atoms with van der Waals surface area (Å²) in [5, 5.41) is 13.4. The Labute approximate surface area is 131 Å². The molecule has 1 aliphatic carbocycles. The van der Waals surface area contributed by atoms with Crippen LogP contribution in [0.5, 0.6) is 0 Å². The van der Waals surface area contributed by atoms with Gasteiger partial charge in [-0.1, -0.05) is 20.8 Å². The van der Waals surface area contributed by atoms with Crippen molar-refractivity contribution in [3.63, 3.8) is 0 Å². The van der Waals surface area contributed by atoms with Crippen molar-refractivity contribution >= 4 is 11.9 Å². The molecule has 0 aliphatic heterocycles. The molecule has 1 aromatic heterocycles. The molecule has 1 aliphatic rings. The van der Waals surface area contributed by atoms with Gasteiger partial charge in [0, 0.05) is 26.1 Å². The summed E-state index contributed by atoms with van der Waals surface area (Å²) in [6, 6.07) is 0. The van der Waals surface area contributed by atoms with Crippen molar-refractivity contribution in [3.05, 3.63) is 17.5 Å². The third-order valence-corrected chi connectivity index (χ3v) is 3.93. The molecule has 1 aromatic rings. The number of hydrogen-bond acceptors (Lipinski definition) is 3. The highest BCUT2D eigenvalue weighted by atomic mass is 16.4. The van der Waals surface area contributed by atoms with Crippen molar-refractivity contribution in [1.82, 2.24) is 14.7 Å². The Morgan fingerprint density at radius 2 is 2.05 bits per heavy atom. The van der Waals surface area contributed by atoms with Gasteiger partial charge in [-0.05, 0) is 18.8 Å². The minimum atomic E-state index is -0.891. The van der Waals surface area contributed by atoms with Crippen molar-refractivity contribution in [2.75, 3.05) is 13.6 Å². The Morgan fingerprint density at radius 3 is 2.55 bits per heavy atom. The molecule has 0 aromatic carbocycles. The number of hydrogen-bond donors (Lipinski definition) is 1. The van der Waals surface area contributed by atoms with Crippen LogP contribution >= 0.6 is 0 Å². The van der Waals surface area contributed by atoms with Crippen molar-refractivity contribution < 1.29 is 14.7 Å². The van der Waals surface area contributed by atoms with E-state index < -0.39 is 11.9 Å². The average molecular weight is 307 g/mol. The molecule has 0 bridgehead atoms. The quantitative estimate of drug-likeness (QED) is 0.838. The van der Waals surface area contributed by atoms with Gasteiger partial charge in [-0.25, -0.2) is 0 Å². The molecule has 1 unspecified atom stereocenters. The highest BCUT2D eigenvalue weighted by Gasteiger charge is 2.33. The number of carboxylic acid groups (broad SMARTS) is 1. The molecule has 1 heterocycles. The number of carbonyl (C=O) groups excluding carboxylic acids is 1. The summed E-state index contributed by atoms with van der Waals surface area (Å²) < 4.78 is 1.95. The second kappa shape index (κ2) is 6.50. The van der Waals surface area contributed by atoms with Crippen LogP contribution in [0.3, 0.4) is 0 Å². The summed E-state index contributed by atoms with van der Waals surface area (Å²) in [6.45, 7) is 6.86. The minimum absolute atomic E-state index is 0.134. The van der Waals surface area contributed by atoms with E-state index in [4.69, 9.17) is 5.11 Å². The first-order chi connectivity index (χ1) is 10.3. The van der Waals surface area contributed by atoms with Gasteiger partial charge in [0.25, 0.3) is 5.91 Å². The van der Waals surface area contributed by atoms with Crippen molar-refractivity contribution in [2.45, 2.75) is 46.1 Å². The zero-order valence-electron chi connectivity index (χ0n) is 13.7. The molecule has 22 heavy (non-hydrogen) atoms. The summed E-state index contributed by atoms with van der Waals surface area (Å²) in [5.74, 6) is -0.720. The van der Waals surface area contributed by atoms with Crippen molar-refractivity contribution in [2.24, 2.45) is 11.8 Å². The highest BCUT2D eigenvalue weighted by Crippen LogP contribution is 2.42. The third kappa shape index (κ3) is 3.67. The second-order valence-electron chi connectivity index (χ2n) is 6.72. The number of carboxylic acids is 1. The molecule has 1 saturated carbocycles. The van der Waals surface area contributed by atoms with Crippen molar-refractivity contribution in [3.8, 4) is 0 Å². The van der Waals surface area contributed by atoms with E-state index in [0.29, 0.717) is 17.4 Å². The monoisotopic (exact) mass is 307 g/mol. The zero-order valence-corrected chi connectivity index (χ0v) is 13.7. The molecule has 6 heteroatoms. The Kier molecular flexibility index (Phi) is 4.88. The van der Waals surface area contributed by atoms with Crippen LogP contribution in [0.25, 0.3) is 0 Å². The van der Waals surface area contributed by atoms with Gasteiger partial charge in [0.05, 0.1) is 23.4 Å². The zero-order chi connectivity index (χ0) is 16.4. The van der Waals surface area contributed by atoms with E-state index in [9.17, 15) is 9.59 Å². The Bertz CT molecular complexity index is 561. The molecule has 0 spiro atoms. The lowest BCUT2D eigenvalue weighted by atomic mass is 10.1. The topological polar surface area (TPSA) is 75.4 Å². The predicted molar refractivity (Wildman–Crippen MR) is 82.8 cm³/mol. The maximum absolute atomic E-state index is 12.6. The fourth-order valence-electron chi connectivity index (χ4n) is 2.62. The fourth-order valence-corrected chi connectivity index (χ4v) is 2.62. The first kappa shape index (κ1) is 16.5. The number of amides is 1. The first-order valence-electron chi connectivity index (χ1n) is 7.85. The van der Waals surface area contributed by atoms with E-state index in [1.165, 1.54) is 4.90 Å². The number of aliphatic carboxylic acids is 1. The normalized spacial score (nSPS) is 15.9. The Hall–Kier alpha value is -1.85. The molecule has 122 valence electrons. The van der Waals surface area contributed by atoms with Crippen LogP contribution in [0.2, 0.25) is 0 Å². The van der Waals surface area contributed by atoms with Gasteiger partial charge in [-0.15, -0.1) is 0 Å². The van der Waals surface area contributed by atoms with Gasteiger partial charge in [-0.3, -0.25) is 14.3 Å². The molecule has 2 rings (SSSR count). The van der Waals surface area contributed by atoms with Gasteiger partial charge in [0.1, 0.15) is 0 Å². The van der Waals surface area contributed by atoms with Crippen LogP contribution in [0.1, 0.15) is 55.6 Å². The van der Waals surface area contributed by atoms with Gasteiger partial charge in [0.2, 0.25) is 0 Å². The smallest absolute Gasteiger partial charge is 0.308 e. The molecule has 0 radical (unpaired) electrons. The number of rotatable bonds is 7. The van der Waals surface area contributed by atoms with Crippen LogP contribution in [-0.4, -0.2) is 45.3 Å². The Balaban J connectivity index is 2.18. The largest absolute Gasteiger partial charge is 0.481 e. The summed E-state index contributed by atoms with van der Waals surface area (Å²) >= 11 is 0. The van der Waals surface area contributed by atoms with E-state index in [0.717, 1.165) is 25.1 Å². The van der Waals surface area contributed by atoms with E-state index in [-0.39, 0.29) is 12.5 Å². The highest BCUT2D eigenvalue weighted by molar-refractivity contribution is 5.95. The van der Waals surface area contributed by atoms with E-state index in [2.05, 4.69) is 18.9 Å². The predicted octanol–water partition coefficient (Wildman–Crippen LogP) is 2.21. The number of carbonyl (C=O) groups is 2.